The molecule has 16 heavy (non-hydrogen) atoms. The van der Waals surface area contributed by atoms with Gasteiger partial charge in [0, 0.05) is 11.7 Å². The van der Waals surface area contributed by atoms with Crippen LogP contribution >= 0.6 is 7.60 Å². The van der Waals surface area contributed by atoms with Crippen molar-refractivity contribution in [1.82, 2.24) is 0 Å². The summed E-state index contributed by atoms with van der Waals surface area (Å²) < 4.78 is 14.8. The van der Waals surface area contributed by atoms with Gasteiger partial charge in [-0.2, -0.15) is 0 Å². The number of rotatable bonds is 4. The normalized spacial score (nSPS) is 23.5. The minimum atomic E-state index is -5.06. The van der Waals surface area contributed by atoms with Crippen LogP contribution in [-0.2, 0) is 14.1 Å². The number of hydrogen-bond donors (Lipinski definition) is 2. The third kappa shape index (κ3) is 2.81. The predicted molar refractivity (Wildman–Crippen MR) is 42.5 cm³/mol. The van der Waals surface area contributed by atoms with Crippen LogP contribution in [-0.4, -0.2) is 41.2 Å². The highest BCUT2D eigenvalue weighted by molar-refractivity contribution is 7.49. The van der Waals surface area contributed by atoms with E-state index in [-0.39, 0.29) is 0 Å². The van der Waals surface area contributed by atoms with E-state index in [2.05, 4.69) is 4.74 Å². The van der Waals surface area contributed by atoms with Gasteiger partial charge in [-0.25, -0.2) is 4.79 Å². The second-order valence-electron chi connectivity index (χ2n) is 3.19. The molecule has 0 spiro atoms. The Balaban J connectivity index is 2.94. The second-order valence-corrected chi connectivity index (χ2v) is 4.73. The van der Waals surface area contributed by atoms with Crippen LogP contribution in [0.25, 0.3) is 0 Å². The summed E-state index contributed by atoms with van der Waals surface area (Å²) in [5, 5.41) is 29.0. The molecule has 8 nitrogen and oxygen atoms in total. The van der Waals surface area contributed by atoms with E-state index in [0.29, 0.717) is 0 Å². The minimum absolute atomic E-state index is 0.814. The van der Waals surface area contributed by atoms with Gasteiger partial charge in [0.2, 0.25) is 0 Å². The Morgan fingerprint density at radius 2 is 2.06 bits per heavy atom. The van der Waals surface area contributed by atoms with Crippen molar-refractivity contribution in [2.24, 2.45) is 0 Å². The smallest absolute Gasteiger partial charge is 0.334 e. The third-order valence-corrected chi connectivity index (χ3v) is 2.63. The SMILES string of the molecule is O=C1O[C@H]([C@@H](O)CO)C([O-])=C1CP(=O)([O-])[O-]. The maximum absolute atomic E-state index is 11.3. The van der Waals surface area contributed by atoms with E-state index in [9.17, 15) is 24.3 Å². The molecule has 0 saturated heterocycles. The molecule has 0 radical (unpaired) electrons. The maximum Gasteiger partial charge on any atom is 0.334 e. The van der Waals surface area contributed by atoms with Gasteiger partial charge in [-0.1, -0.05) is 13.4 Å². The first-order valence-electron chi connectivity index (χ1n) is 4.17. The van der Waals surface area contributed by atoms with Crippen LogP contribution in [0.1, 0.15) is 0 Å². The first kappa shape index (κ1) is 13.1. The fourth-order valence-electron chi connectivity index (χ4n) is 1.20. The van der Waals surface area contributed by atoms with E-state index >= 15 is 0 Å². The van der Waals surface area contributed by atoms with Crippen LogP contribution < -0.4 is 14.9 Å². The molecule has 0 saturated carbocycles. The van der Waals surface area contributed by atoms with E-state index < -0.39 is 49.9 Å². The Labute approximate surface area is 89.9 Å². The number of esters is 1. The molecule has 1 rings (SSSR count). The van der Waals surface area contributed by atoms with Crippen molar-refractivity contribution in [2.75, 3.05) is 12.8 Å². The second kappa shape index (κ2) is 4.52. The number of cyclic esters (lactones) is 1. The van der Waals surface area contributed by atoms with Crippen molar-refractivity contribution >= 4 is 13.6 Å². The molecule has 0 aromatic heterocycles. The van der Waals surface area contributed by atoms with Gasteiger partial charge in [0.1, 0.15) is 12.2 Å². The molecule has 1 heterocycles. The van der Waals surface area contributed by atoms with Gasteiger partial charge in [0.25, 0.3) is 0 Å². The van der Waals surface area contributed by atoms with Crippen LogP contribution in [0, 0.1) is 0 Å². The van der Waals surface area contributed by atoms with E-state index in [1.807, 2.05) is 0 Å². The van der Waals surface area contributed by atoms with Gasteiger partial charge in [-0.3, -0.25) is 0 Å². The lowest BCUT2D eigenvalue weighted by Gasteiger charge is -2.30. The molecule has 9 heteroatoms. The van der Waals surface area contributed by atoms with E-state index in [0.717, 1.165) is 0 Å². The molecule has 2 atom stereocenters. The third-order valence-electron chi connectivity index (χ3n) is 1.92. The number of aliphatic hydroxyl groups excluding tert-OH is 2. The molecule has 0 fully saturated rings. The summed E-state index contributed by atoms with van der Waals surface area (Å²) in [7, 11) is -5.06. The van der Waals surface area contributed by atoms with Gasteiger partial charge < -0.3 is 34.4 Å². The van der Waals surface area contributed by atoms with Crippen molar-refractivity contribution in [1.29, 1.82) is 0 Å². The lowest BCUT2D eigenvalue weighted by atomic mass is 10.1. The van der Waals surface area contributed by atoms with E-state index in [1.54, 1.807) is 0 Å². The van der Waals surface area contributed by atoms with E-state index in [1.165, 1.54) is 0 Å². The van der Waals surface area contributed by atoms with Crippen molar-refractivity contribution < 1.29 is 39.2 Å². The molecular formula is C7H8O8P-3. The largest absolute Gasteiger partial charge is 0.873 e. The summed E-state index contributed by atoms with van der Waals surface area (Å²) in [6, 6.07) is 0. The summed E-state index contributed by atoms with van der Waals surface area (Å²) in [6.45, 7) is -0.830. The molecule has 0 amide bonds. The monoisotopic (exact) mass is 251 g/mol. The zero-order valence-corrected chi connectivity index (χ0v) is 8.75. The molecular weight excluding hydrogens is 243 g/mol. The van der Waals surface area contributed by atoms with Gasteiger partial charge in [-0.05, 0) is 0 Å². The number of carbonyl (C=O) groups excluding carboxylic acids is 1. The fourth-order valence-corrected chi connectivity index (χ4v) is 1.87. The zero-order chi connectivity index (χ0) is 12.5. The van der Waals surface area contributed by atoms with Crippen molar-refractivity contribution in [3.8, 4) is 0 Å². The van der Waals surface area contributed by atoms with Crippen molar-refractivity contribution in [3.63, 3.8) is 0 Å². The summed E-state index contributed by atoms with van der Waals surface area (Å²) in [5.41, 5.74) is -0.814. The summed E-state index contributed by atoms with van der Waals surface area (Å²) >= 11 is 0. The van der Waals surface area contributed by atoms with Crippen LogP contribution in [0.3, 0.4) is 0 Å². The molecule has 0 unspecified atom stereocenters. The van der Waals surface area contributed by atoms with Gasteiger partial charge in [0.05, 0.1) is 6.61 Å². The molecule has 1 aliphatic rings. The Bertz CT molecular complexity index is 369. The zero-order valence-electron chi connectivity index (χ0n) is 7.86. The Morgan fingerprint density at radius 1 is 1.50 bits per heavy atom. The highest BCUT2D eigenvalue weighted by Gasteiger charge is 2.33. The lowest BCUT2D eigenvalue weighted by molar-refractivity contribution is -0.323. The van der Waals surface area contributed by atoms with Gasteiger partial charge in [0.15, 0.2) is 0 Å². The van der Waals surface area contributed by atoms with Gasteiger partial charge >= 0.3 is 5.97 Å². The molecule has 92 valence electrons. The molecule has 2 N–H and O–H groups in total. The topological polar surface area (TPSA) is 153 Å². The number of aliphatic hydroxyl groups is 2. The van der Waals surface area contributed by atoms with Crippen LogP contribution in [0.4, 0.5) is 0 Å². The average molecular weight is 251 g/mol. The molecule has 0 aromatic rings. The summed E-state index contributed by atoms with van der Waals surface area (Å²) in [4.78, 5) is 31.8. The average Bonchev–Trinajstić information content (AvgIpc) is 2.42. The lowest BCUT2D eigenvalue weighted by Crippen LogP contribution is -2.35. The number of ether oxygens (including phenoxy) is 1. The Morgan fingerprint density at radius 3 is 2.50 bits per heavy atom. The molecule has 1 aliphatic heterocycles. The molecule has 0 aliphatic carbocycles. The highest BCUT2D eigenvalue weighted by atomic mass is 31.2. The summed E-state index contributed by atoms with van der Waals surface area (Å²) in [6.07, 6.45) is -4.52. The van der Waals surface area contributed by atoms with Crippen molar-refractivity contribution in [3.05, 3.63) is 11.3 Å². The quantitative estimate of drug-likeness (QED) is 0.376. The Hall–Kier alpha value is -0.920. The minimum Gasteiger partial charge on any atom is -0.873 e. The fraction of sp³-hybridized carbons (Fsp3) is 0.571. The highest BCUT2D eigenvalue weighted by Crippen LogP contribution is 2.32. The van der Waals surface area contributed by atoms with Crippen LogP contribution in [0.5, 0.6) is 0 Å². The summed E-state index contributed by atoms with van der Waals surface area (Å²) in [5.74, 6) is -2.34. The first-order chi connectivity index (χ1) is 7.26. The standard InChI is InChI=1S/C7H11O8P/c8-1-4(9)6-5(10)3(7(11)15-6)2-16(12,13)14/h4,6,8-10H,1-2H2,(H2,12,13,14)/p-3/t4-,6+/m0/s1. The van der Waals surface area contributed by atoms with E-state index in [4.69, 9.17) is 10.2 Å². The number of carbonyl (C=O) groups is 1. The first-order valence-corrected chi connectivity index (χ1v) is 5.90. The van der Waals surface area contributed by atoms with Crippen molar-refractivity contribution in [2.45, 2.75) is 12.2 Å². The maximum atomic E-state index is 11.3. The number of hydrogen-bond acceptors (Lipinski definition) is 8. The predicted octanol–water partition coefficient (Wildman–Crippen LogP) is -4.21. The molecule has 0 bridgehead atoms. The van der Waals surface area contributed by atoms with Gasteiger partial charge in [-0.15, -0.1) is 0 Å². The van der Waals surface area contributed by atoms with Crippen LogP contribution in [0.2, 0.25) is 0 Å². The molecule has 0 aromatic carbocycles. The Kier molecular flexibility index (Phi) is 3.72. The van der Waals surface area contributed by atoms with Crippen LogP contribution in [0.15, 0.2) is 11.3 Å².